The monoisotopic (exact) mass is 239 g/mol. The Kier molecular flexibility index (Phi) is 3.42. The summed E-state index contributed by atoms with van der Waals surface area (Å²) < 4.78 is 0. The van der Waals surface area contributed by atoms with Gasteiger partial charge in [-0.25, -0.2) is 5.84 Å². The van der Waals surface area contributed by atoms with Crippen molar-refractivity contribution in [1.82, 2.24) is 10.3 Å². The van der Waals surface area contributed by atoms with Crippen LogP contribution in [0.15, 0.2) is 0 Å². The van der Waals surface area contributed by atoms with E-state index in [0.29, 0.717) is 13.0 Å². The largest absolute Gasteiger partial charge is 0.294 e. The molecule has 6 heteroatoms. The van der Waals surface area contributed by atoms with E-state index in [2.05, 4.69) is 5.43 Å². The Labute approximate surface area is 99.5 Å². The fraction of sp³-hybridized carbons (Fsp3) is 0.727. The topological polar surface area (TPSA) is 92.5 Å². The zero-order valence-corrected chi connectivity index (χ0v) is 9.65. The van der Waals surface area contributed by atoms with Gasteiger partial charge in [0.2, 0.25) is 17.7 Å². The summed E-state index contributed by atoms with van der Waals surface area (Å²) in [5.74, 6) is 4.75. The molecule has 2 rings (SSSR count). The number of rotatable bonds is 6. The molecule has 0 aromatic rings. The van der Waals surface area contributed by atoms with E-state index >= 15 is 0 Å². The average molecular weight is 239 g/mol. The number of nitrogens with two attached hydrogens (primary N) is 1. The minimum Gasteiger partial charge on any atom is -0.294 e. The molecule has 1 heterocycles. The van der Waals surface area contributed by atoms with Crippen LogP contribution in [0.25, 0.3) is 0 Å². The fourth-order valence-corrected chi connectivity index (χ4v) is 2.27. The smallest absolute Gasteiger partial charge is 0.233 e. The number of carbonyl (C=O) groups is 3. The highest BCUT2D eigenvalue weighted by atomic mass is 16.2. The number of carbonyl (C=O) groups excluding carboxylic acids is 3. The van der Waals surface area contributed by atoms with Gasteiger partial charge in [0.15, 0.2) is 0 Å². The van der Waals surface area contributed by atoms with Crippen LogP contribution >= 0.6 is 0 Å². The number of amides is 3. The molecule has 1 saturated carbocycles. The number of hydrogen-bond donors (Lipinski definition) is 2. The number of hydrazine groups is 1. The minimum atomic E-state index is -0.181. The van der Waals surface area contributed by atoms with Crippen molar-refractivity contribution in [2.45, 2.75) is 32.1 Å². The zero-order valence-electron chi connectivity index (χ0n) is 9.65. The third-order valence-electron chi connectivity index (χ3n) is 3.40. The Morgan fingerprint density at radius 2 is 1.88 bits per heavy atom. The Bertz CT molecular complexity index is 336. The highest BCUT2D eigenvalue weighted by molar-refractivity contribution is 6.08. The Hall–Kier alpha value is -1.43. The normalized spacial score (nSPS) is 26.1. The summed E-state index contributed by atoms with van der Waals surface area (Å²) in [5, 5.41) is 0. The third-order valence-corrected chi connectivity index (χ3v) is 3.40. The molecule has 94 valence electrons. The lowest BCUT2D eigenvalue weighted by atomic mass is 10.2. The molecular formula is C11H17N3O3. The van der Waals surface area contributed by atoms with Crippen LogP contribution in [-0.4, -0.2) is 29.2 Å². The molecule has 3 N–H and O–H groups in total. The number of hydrogen-bond acceptors (Lipinski definition) is 4. The first-order valence-electron chi connectivity index (χ1n) is 6.00. The SMILES string of the molecule is NNC(=O)CCCCCN1C(=O)C2CC2C1=O. The van der Waals surface area contributed by atoms with Crippen LogP contribution in [0, 0.1) is 11.8 Å². The minimum absolute atomic E-state index is 0.000277. The summed E-state index contributed by atoms with van der Waals surface area (Å²) in [7, 11) is 0. The molecule has 6 nitrogen and oxygen atoms in total. The molecule has 3 amide bonds. The van der Waals surface area contributed by atoms with Crippen LogP contribution in [0.3, 0.4) is 0 Å². The van der Waals surface area contributed by atoms with Crippen molar-refractivity contribution in [3.8, 4) is 0 Å². The summed E-state index contributed by atoms with van der Waals surface area (Å²) in [6.45, 7) is 0.495. The predicted molar refractivity (Wildman–Crippen MR) is 59.1 cm³/mol. The number of nitrogens with one attached hydrogen (secondary N) is 1. The number of likely N-dealkylation sites (tertiary alicyclic amines) is 1. The summed E-state index contributed by atoms with van der Waals surface area (Å²) in [5.41, 5.74) is 2.07. The zero-order chi connectivity index (χ0) is 12.4. The Morgan fingerprint density at radius 3 is 2.47 bits per heavy atom. The molecule has 2 unspecified atom stereocenters. The maximum atomic E-state index is 11.6. The molecule has 0 bridgehead atoms. The molecule has 1 aliphatic carbocycles. The van der Waals surface area contributed by atoms with Crippen LogP contribution in [0.1, 0.15) is 32.1 Å². The van der Waals surface area contributed by atoms with Gasteiger partial charge in [-0.05, 0) is 19.3 Å². The van der Waals surface area contributed by atoms with E-state index in [1.165, 1.54) is 4.90 Å². The molecule has 0 aromatic heterocycles. The second-order valence-corrected chi connectivity index (χ2v) is 4.65. The van der Waals surface area contributed by atoms with Gasteiger partial charge in [-0.1, -0.05) is 6.42 Å². The van der Waals surface area contributed by atoms with Crippen LogP contribution in [0.4, 0.5) is 0 Å². The molecule has 2 fully saturated rings. The van der Waals surface area contributed by atoms with Crippen molar-refractivity contribution in [1.29, 1.82) is 0 Å². The second kappa shape index (κ2) is 4.83. The highest BCUT2D eigenvalue weighted by Gasteiger charge is 2.58. The van der Waals surface area contributed by atoms with Crippen LogP contribution in [-0.2, 0) is 14.4 Å². The van der Waals surface area contributed by atoms with Gasteiger partial charge in [0, 0.05) is 13.0 Å². The first-order valence-corrected chi connectivity index (χ1v) is 6.00. The fourth-order valence-electron chi connectivity index (χ4n) is 2.27. The quantitative estimate of drug-likeness (QED) is 0.216. The first kappa shape index (κ1) is 12.0. The van der Waals surface area contributed by atoms with E-state index in [0.717, 1.165) is 25.7 Å². The van der Waals surface area contributed by atoms with Crippen LogP contribution < -0.4 is 11.3 Å². The van der Waals surface area contributed by atoms with Crippen molar-refractivity contribution in [3.63, 3.8) is 0 Å². The van der Waals surface area contributed by atoms with Gasteiger partial charge in [-0.3, -0.25) is 24.7 Å². The van der Waals surface area contributed by atoms with Crippen LogP contribution in [0.2, 0.25) is 0 Å². The summed E-state index contributed by atoms with van der Waals surface area (Å²) in [4.78, 5) is 35.4. The highest BCUT2D eigenvalue weighted by Crippen LogP contribution is 2.46. The number of piperidine rings is 1. The van der Waals surface area contributed by atoms with Crippen molar-refractivity contribution in [2.75, 3.05) is 6.54 Å². The molecular weight excluding hydrogens is 222 g/mol. The van der Waals surface area contributed by atoms with E-state index in [1.54, 1.807) is 0 Å². The van der Waals surface area contributed by atoms with Gasteiger partial charge in [0.05, 0.1) is 11.8 Å². The lowest BCUT2D eigenvalue weighted by Gasteiger charge is -2.15. The van der Waals surface area contributed by atoms with Crippen molar-refractivity contribution in [3.05, 3.63) is 0 Å². The van der Waals surface area contributed by atoms with Crippen molar-refractivity contribution in [2.24, 2.45) is 17.7 Å². The van der Waals surface area contributed by atoms with Gasteiger partial charge in [0.1, 0.15) is 0 Å². The summed E-state index contributed by atoms with van der Waals surface area (Å²) in [6, 6.07) is 0. The van der Waals surface area contributed by atoms with Gasteiger partial charge in [0.25, 0.3) is 0 Å². The van der Waals surface area contributed by atoms with E-state index in [-0.39, 0.29) is 29.6 Å². The van der Waals surface area contributed by atoms with Crippen LogP contribution in [0.5, 0.6) is 0 Å². The lowest BCUT2D eigenvalue weighted by molar-refractivity contribution is -0.141. The third kappa shape index (κ3) is 2.46. The van der Waals surface area contributed by atoms with Crippen molar-refractivity contribution >= 4 is 17.7 Å². The average Bonchev–Trinajstić information content (AvgIpc) is 3.07. The molecule has 0 spiro atoms. The molecule has 0 radical (unpaired) electrons. The molecule has 2 aliphatic rings. The van der Waals surface area contributed by atoms with Gasteiger partial charge in [-0.2, -0.15) is 0 Å². The molecule has 1 aliphatic heterocycles. The van der Waals surface area contributed by atoms with Gasteiger partial charge in [-0.15, -0.1) is 0 Å². The predicted octanol–water partition coefficient (Wildman–Crippen LogP) is -0.458. The van der Waals surface area contributed by atoms with E-state index in [1.807, 2.05) is 0 Å². The number of imide groups is 1. The number of nitrogens with zero attached hydrogens (tertiary/aromatic N) is 1. The maximum absolute atomic E-state index is 11.6. The number of unbranched alkanes of at least 4 members (excludes halogenated alkanes) is 2. The molecule has 1 saturated heterocycles. The lowest BCUT2D eigenvalue weighted by Crippen LogP contribution is -2.33. The standard InChI is InChI=1S/C11H17N3O3/c12-13-9(15)4-2-1-3-5-14-10(16)7-6-8(7)11(14)17/h7-8H,1-6,12H2,(H,13,15). The van der Waals surface area contributed by atoms with Gasteiger partial charge < -0.3 is 0 Å². The van der Waals surface area contributed by atoms with E-state index < -0.39 is 0 Å². The molecule has 2 atom stereocenters. The van der Waals surface area contributed by atoms with E-state index in [4.69, 9.17) is 5.84 Å². The summed E-state index contributed by atoms with van der Waals surface area (Å²) >= 11 is 0. The second-order valence-electron chi connectivity index (χ2n) is 4.65. The van der Waals surface area contributed by atoms with E-state index in [9.17, 15) is 14.4 Å². The molecule has 17 heavy (non-hydrogen) atoms. The van der Waals surface area contributed by atoms with Gasteiger partial charge >= 0.3 is 0 Å². The summed E-state index contributed by atoms with van der Waals surface area (Å²) in [6.07, 6.45) is 3.45. The maximum Gasteiger partial charge on any atom is 0.233 e. The number of fused-ring (bicyclic) bond motifs is 1. The van der Waals surface area contributed by atoms with Crippen molar-refractivity contribution < 1.29 is 14.4 Å². The molecule has 0 aromatic carbocycles. The first-order chi connectivity index (χ1) is 8.15. The Balaban J connectivity index is 1.61. The Morgan fingerprint density at radius 1 is 1.24 bits per heavy atom.